The van der Waals surface area contributed by atoms with Gasteiger partial charge in [-0.15, -0.1) is 0 Å². The molecule has 8 heteroatoms. The predicted molar refractivity (Wildman–Crippen MR) is 102 cm³/mol. The fraction of sp³-hybridized carbons (Fsp3) is 0.474. The smallest absolute Gasteiger partial charge is 0.271 e. The highest BCUT2D eigenvalue weighted by Crippen LogP contribution is 2.45. The summed E-state index contributed by atoms with van der Waals surface area (Å²) in [6.07, 6.45) is 1.53. The number of aromatic amines is 1. The molecule has 0 saturated carbocycles. The summed E-state index contributed by atoms with van der Waals surface area (Å²) >= 11 is 1.37. The molecular formula is C19H21F2N3O2S. The monoisotopic (exact) mass is 393 g/mol. The van der Waals surface area contributed by atoms with Gasteiger partial charge in [-0.25, -0.2) is 13.8 Å². The van der Waals surface area contributed by atoms with Crippen molar-refractivity contribution in [2.45, 2.75) is 50.5 Å². The fourth-order valence-corrected chi connectivity index (χ4v) is 4.90. The Hall–Kier alpha value is -1.93. The van der Waals surface area contributed by atoms with Gasteiger partial charge in [-0.2, -0.15) is 0 Å². The molecule has 0 spiro atoms. The molecule has 0 aliphatic carbocycles. The number of fused-ring (bicyclic) bond motifs is 1. The zero-order valence-corrected chi connectivity index (χ0v) is 16.2. The van der Waals surface area contributed by atoms with Crippen molar-refractivity contribution in [1.82, 2.24) is 9.78 Å². The van der Waals surface area contributed by atoms with Gasteiger partial charge in [0, 0.05) is 6.61 Å². The van der Waals surface area contributed by atoms with Crippen LogP contribution >= 0.6 is 11.8 Å². The minimum atomic E-state index is -0.920. The van der Waals surface area contributed by atoms with E-state index in [9.17, 15) is 13.6 Å². The lowest BCUT2D eigenvalue weighted by molar-refractivity contribution is -0.0705. The number of nitrogens with zero attached hydrogens (tertiary/aromatic N) is 2. The second-order valence-corrected chi connectivity index (χ2v) is 8.90. The molecule has 4 rings (SSSR count). The lowest BCUT2D eigenvalue weighted by Gasteiger charge is -2.36. The summed E-state index contributed by atoms with van der Waals surface area (Å²) in [6, 6.07) is 3.84. The molecule has 5 nitrogen and oxygen atoms in total. The SMILES string of the molecule is CC1=Nc2c(c(=O)[nH]n2[C@@H]2CCOC(C)(C)C2)[C@@H](c2ccc(F)c(F)c2)S1. The molecule has 0 amide bonds. The quantitative estimate of drug-likeness (QED) is 0.819. The molecule has 2 aromatic rings. The predicted octanol–water partition coefficient (Wildman–Crippen LogP) is 4.47. The highest BCUT2D eigenvalue weighted by atomic mass is 32.2. The number of nitrogens with one attached hydrogen (secondary N) is 1. The molecule has 3 heterocycles. The van der Waals surface area contributed by atoms with Gasteiger partial charge in [0.15, 0.2) is 17.5 Å². The normalized spacial score (nSPS) is 24.4. The van der Waals surface area contributed by atoms with Crippen molar-refractivity contribution in [3.05, 3.63) is 51.3 Å². The first-order valence-electron chi connectivity index (χ1n) is 8.90. The molecule has 2 atom stereocenters. The number of halogens is 2. The second-order valence-electron chi connectivity index (χ2n) is 7.61. The molecule has 1 aromatic heterocycles. The number of ether oxygens (including phenoxy) is 1. The Morgan fingerprint density at radius 1 is 1.33 bits per heavy atom. The van der Waals surface area contributed by atoms with Crippen molar-refractivity contribution in [3.63, 3.8) is 0 Å². The molecule has 2 aliphatic rings. The summed E-state index contributed by atoms with van der Waals surface area (Å²) < 4.78 is 34.7. The summed E-state index contributed by atoms with van der Waals surface area (Å²) in [5.74, 6) is -1.24. The summed E-state index contributed by atoms with van der Waals surface area (Å²) in [6.45, 7) is 6.52. The largest absolute Gasteiger partial charge is 0.375 e. The third kappa shape index (κ3) is 3.36. The van der Waals surface area contributed by atoms with Gasteiger partial charge in [-0.3, -0.25) is 14.6 Å². The van der Waals surface area contributed by atoms with Crippen molar-refractivity contribution in [2.75, 3.05) is 6.61 Å². The van der Waals surface area contributed by atoms with Crippen molar-refractivity contribution < 1.29 is 13.5 Å². The van der Waals surface area contributed by atoms with E-state index < -0.39 is 16.9 Å². The van der Waals surface area contributed by atoms with Crippen molar-refractivity contribution in [2.24, 2.45) is 4.99 Å². The standard InChI is InChI=1S/C19H21F2N3O2S/c1-10-22-17-15(16(27-10)11-4-5-13(20)14(21)8-11)18(25)23-24(17)12-6-7-26-19(2,3)9-12/h4-5,8,12,16H,6-7,9H2,1-3H3,(H,23,25)/t12-,16-/m1/s1. The van der Waals surface area contributed by atoms with Crippen LogP contribution in [0.25, 0.3) is 0 Å². The average molecular weight is 393 g/mol. The van der Waals surface area contributed by atoms with Gasteiger partial charge in [0.1, 0.15) is 0 Å². The molecule has 144 valence electrons. The Bertz CT molecular complexity index is 980. The van der Waals surface area contributed by atoms with Crippen molar-refractivity contribution in [3.8, 4) is 0 Å². The lowest BCUT2D eigenvalue weighted by Crippen LogP contribution is -2.35. The Morgan fingerprint density at radius 2 is 2.11 bits per heavy atom. The molecule has 1 aromatic carbocycles. The number of benzene rings is 1. The number of hydrogen-bond acceptors (Lipinski definition) is 4. The molecule has 0 bridgehead atoms. The van der Waals surface area contributed by atoms with E-state index >= 15 is 0 Å². The molecule has 2 aliphatic heterocycles. The van der Waals surface area contributed by atoms with E-state index in [0.717, 1.165) is 30.0 Å². The van der Waals surface area contributed by atoms with Gasteiger partial charge in [0.2, 0.25) is 0 Å². The van der Waals surface area contributed by atoms with E-state index in [1.54, 1.807) is 0 Å². The minimum Gasteiger partial charge on any atom is -0.375 e. The lowest BCUT2D eigenvalue weighted by atomic mass is 9.94. The van der Waals surface area contributed by atoms with Gasteiger partial charge in [-0.05, 0) is 51.3 Å². The Labute approximate surface area is 159 Å². The maximum absolute atomic E-state index is 13.8. The molecule has 1 saturated heterocycles. The van der Waals surface area contributed by atoms with Crippen LogP contribution in [0.3, 0.4) is 0 Å². The van der Waals surface area contributed by atoms with Gasteiger partial charge in [-0.1, -0.05) is 17.8 Å². The van der Waals surface area contributed by atoms with Crippen molar-refractivity contribution in [1.29, 1.82) is 0 Å². The molecule has 0 unspecified atom stereocenters. The Morgan fingerprint density at radius 3 is 2.81 bits per heavy atom. The van der Waals surface area contributed by atoms with Crippen LogP contribution in [0.4, 0.5) is 14.6 Å². The first-order chi connectivity index (χ1) is 12.7. The van der Waals surface area contributed by atoms with E-state index in [1.165, 1.54) is 17.8 Å². The molecule has 0 radical (unpaired) electrons. The zero-order valence-electron chi connectivity index (χ0n) is 15.4. The third-order valence-corrected chi connectivity index (χ3v) is 6.21. The summed E-state index contributed by atoms with van der Waals surface area (Å²) in [7, 11) is 0. The van der Waals surface area contributed by atoms with Crippen LogP contribution in [0.2, 0.25) is 0 Å². The number of hydrogen-bond donors (Lipinski definition) is 1. The van der Waals surface area contributed by atoms with E-state index in [4.69, 9.17) is 4.74 Å². The molecule has 1 N–H and O–H groups in total. The van der Waals surface area contributed by atoms with E-state index in [-0.39, 0.29) is 17.2 Å². The average Bonchev–Trinajstić information content (AvgIpc) is 2.92. The number of aromatic nitrogens is 2. The third-order valence-electron chi connectivity index (χ3n) is 5.03. The van der Waals surface area contributed by atoms with Gasteiger partial charge in [0.05, 0.1) is 27.5 Å². The number of aliphatic imine (C=N–C) groups is 1. The molecule has 27 heavy (non-hydrogen) atoms. The number of rotatable bonds is 2. The maximum atomic E-state index is 13.8. The van der Waals surface area contributed by atoms with Crippen LogP contribution in [-0.4, -0.2) is 27.0 Å². The van der Waals surface area contributed by atoms with Gasteiger partial charge in [0.25, 0.3) is 5.56 Å². The number of thioether (sulfide) groups is 1. The van der Waals surface area contributed by atoms with E-state index in [1.807, 2.05) is 25.5 Å². The van der Waals surface area contributed by atoms with Gasteiger partial charge >= 0.3 is 0 Å². The minimum absolute atomic E-state index is 0.0652. The van der Waals surface area contributed by atoms with Gasteiger partial charge < -0.3 is 4.74 Å². The molecule has 1 fully saturated rings. The first kappa shape index (κ1) is 18.4. The highest BCUT2D eigenvalue weighted by Gasteiger charge is 2.36. The van der Waals surface area contributed by atoms with Crippen LogP contribution in [0, 0.1) is 11.6 Å². The van der Waals surface area contributed by atoms with Crippen LogP contribution in [-0.2, 0) is 4.74 Å². The van der Waals surface area contributed by atoms with Crippen LogP contribution in [0.15, 0.2) is 28.0 Å². The summed E-state index contributed by atoms with van der Waals surface area (Å²) in [4.78, 5) is 17.4. The maximum Gasteiger partial charge on any atom is 0.271 e. The van der Waals surface area contributed by atoms with Crippen LogP contribution < -0.4 is 5.56 Å². The van der Waals surface area contributed by atoms with Crippen LogP contribution in [0.5, 0.6) is 0 Å². The van der Waals surface area contributed by atoms with Crippen LogP contribution in [0.1, 0.15) is 56.0 Å². The second kappa shape index (κ2) is 6.60. The van der Waals surface area contributed by atoms with E-state index in [0.29, 0.717) is 23.6 Å². The first-order valence-corrected chi connectivity index (χ1v) is 9.78. The fourth-order valence-electron chi connectivity index (χ4n) is 3.80. The summed E-state index contributed by atoms with van der Waals surface area (Å²) in [5.41, 5.74) is 0.511. The Balaban J connectivity index is 1.80. The van der Waals surface area contributed by atoms with Crippen molar-refractivity contribution >= 4 is 22.6 Å². The molecular weight excluding hydrogens is 372 g/mol. The van der Waals surface area contributed by atoms with E-state index in [2.05, 4.69) is 10.1 Å². The zero-order chi connectivity index (χ0) is 19.3. The highest BCUT2D eigenvalue weighted by molar-refractivity contribution is 8.14. The Kier molecular flexibility index (Phi) is 4.50. The topological polar surface area (TPSA) is 59.4 Å². The summed E-state index contributed by atoms with van der Waals surface area (Å²) in [5, 5.41) is 3.28. The number of H-pyrrole nitrogens is 1.